The molecule has 0 fully saturated rings. The zero-order valence-corrected chi connectivity index (χ0v) is 10.3. The van der Waals surface area contributed by atoms with Gasteiger partial charge in [-0.05, 0) is 25.5 Å². The Morgan fingerprint density at radius 2 is 2.11 bits per heavy atom. The van der Waals surface area contributed by atoms with Crippen molar-refractivity contribution in [3.05, 3.63) is 36.3 Å². The van der Waals surface area contributed by atoms with E-state index < -0.39 is 0 Å². The Kier molecular flexibility index (Phi) is 4.20. The average molecular weight is 244 g/mol. The topological polar surface area (TPSA) is 70.9 Å². The second kappa shape index (κ2) is 6.07. The molecule has 2 rings (SSSR count). The molecular formula is C13H16N4O. The maximum absolute atomic E-state index is 8.75. The van der Waals surface area contributed by atoms with Crippen LogP contribution >= 0.6 is 0 Å². The maximum Gasteiger partial charge on any atom is 0.130 e. The van der Waals surface area contributed by atoms with Crippen molar-refractivity contribution in [2.24, 2.45) is 0 Å². The predicted molar refractivity (Wildman–Crippen MR) is 70.2 cm³/mol. The summed E-state index contributed by atoms with van der Waals surface area (Å²) in [5.41, 5.74) is 1.63. The van der Waals surface area contributed by atoms with Crippen LogP contribution in [-0.4, -0.2) is 33.2 Å². The molecule has 2 heterocycles. The van der Waals surface area contributed by atoms with Crippen LogP contribution in [0.4, 0.5) is 5.82 Å². The minimum atomic E-state index is 0.171. The van der Waals surface area contributed by atoms with Gasteiger partial charge < -0.3 is 10.4 Å². The van der Waals surface area contributed by atoms with Gasteiger partial charge in [0, 0.05) is 25.4 Å². The van der Waals surface area contributed by atoms with E-state index in [-0.39, 0.29) is 6.61 Å². The second-order valence-corrected chi connectivity index (χ2v) is 3.90. The summed E-state index contributed by atoms with van der Waals surface area (Å²) in [5, 5.41) is 11.9. The van der Waals surface area contributed by atoms with Crippen LogP contribution in [-0.2, 0) is 0 Å². The third-order valence-corrected chi connectivity index (χ3v) is 2.41. The lowest BCUT2D eigenvalue weighted by atomic mass is 10.2. The molecule has 0 amide bonds. The highest BCUT2D eigenvalue weighted by Gasteiger charge is 2.04. The molecule has 0 aliphatic heterocycles. The quantitative estimate of drug-likeness (QED) is 0.782. The molecule has 0 atom stereocenters. The average Bonchev–Trinajstić information content (AvgIpc) is 2.39. The summed E-state index contributed by atoms with van der Waals surface area (Å²) in [7, 11) is 0. The number of hydrogen-bond donors (Lipinski definition) is 2. The molecule has 0 aliphatic carbocycles. The van der Waals surface area contributed by atoms with Gasteiger partial charge in [-0.15, -0.1) is 0 Å². The summed E-state index contributed by atoms with van der Waals surface area (Å²) < 4.78 is 0. The lowest BCUT2D eigenvalue weighted by Crippen LogP contribution is -2.06. The van der Waals surface area contributed by atoms with Crippen LogP contribution in [0.15, 0.2) is 30.5 Å². The number of anilines is 1. The molecule has 2 N–H and O–H groups in total. The maximum atomic E-state index is 8.75. The number of nitrogens with one attached hydrogen (secondary N) is 1. The zero-order valence-electron chi connectivity index (χ0n) is 10.3. The van der Waals surface area contributed by atoms with Crippen LogP contribution in [0.3, 0.4) is 0 Å². The largest absolute Gasteiger partial charge is 0.396 e. The standard InChI is InChI=1S/C13H16N4O/c1-10-16-12(11-5-2-3-6-14-11)9-13(17-10)15-7-4-8-18/h2-3,5-6,9,18H,4,7-8H2,1H3,(H,15,16,17). The molecule has 2 aromatic rings. The second-order valence-electron chi connectivity index (χ2n) is 3.90. The SMILES string of the molecule is Cc1nc(NCCCO)cc(-c2ccccn2)n1. The van der Waals surface area contributed by atoms with E-state index >= 15 is 0 Å². The Morgan fingerprint density at radius 3 is 2.83 bits per heavy atom. The molecule has 94 valence electrons. The van der Waals surface area contributed by atoms with Gasteiger partial charge in [-0.25, -0.2) is 9.97 Å². The minimum Gasteiger partial charge on any atom is -0.396 e. The normalized spacial score (nSPS) is 10.3. The van der Waals surface area contributed by atoms with Crippen molar-refractivity contribution >= 4 is 5.82 Å². The van der Waals surface area contributed by atoms with E-state index in [0.717, 1.165) is 17.2 Å². The van der Waals surface area contributed by atoms with Crippen molar-refractivity contribution in [2.45, 2.75) is 13.3 Å². The molecule has 0 aliphatic rings. The third kappa shape index (κ3) is 3.24. The summed E-state index contributed by atoms with van der Waals surface area (Å²) in [6.45, 7) is 2.71. The number of pyridine rings is 1. The molecular weight excluding hydrogens is 228 g/mol. The van der Waals surface area contributed by atoms with Crippen LogP contribution in [0.25, 0.3) is 11.4 Å². The summed E-state index contributed by atoms with van der Waals surface area (Å²) in [6.07, 6.45) is 2.44. The fourth-order valence-electron chi connectivity index (χ4n) is 1.60. The number of rotatable bonds is 5. The molecule has 18 heavy (non-hydrogen) atoms. The molecule has 0 aromatic carbocycles. The lowest BCUT2D eigenvalue weighted by molar-refractivity contribution is 0.292. The first-order valence-electron chi connectivity index (χ1n) is 5.91. The van der Waals surface area contributed by atoms with Gasteiger partial charge in [0.25, 0.3) is 0 Å². The van der Waals surface area contributed by atoms with E-state index in [1.165, 1.54) is 0 Å². The van der Waals surface area contributed by atoms with Gasteiger partial charge in [0.2, 0.25) is 0 Å². The Bertz CT molecular complexity index is 502. The monoisotopic (exact) mass is 244 g/mol. The summed E-state index contributed by atoms with van der Waals surface area (Å²) in [6, 6.07) is 7.59. The van der Waals surface area contributed by atoms with Crippen molar-refractivity contribution in [3.63, 3.8) is 0 Å². The van der Waals surface area contributed by atoms with Crippen LogP contribution in [0.1, 0.15) is 12.2 Å². The van der Waals surface area contributed by atoms with Crippen LogP contribution in [0.2, 0.25) is 0 Å². The van der Waals surface area contributed by atoms with Crippen molar-refractivity contribution in [1.82, 2.24) is 15.0 Å². The van der Waals surface area contributed by atoms with Crippen molar-refractivity contribution in [2.75, 3.05) is 18.5 Å². The van der Waals surface area contributed by atoms with E-state index in [9.17, 15) is 0 Å². The first kappa shape index (κ1) is 12.4. The van der Waals surface area contributed by atoms with Crippen LogP contribution < -0.4 is 5.32 Å². The van der Waals surface area contributed by atoms with Gasteiger partial charge in [-0.1, -0.05) is 6.07 Å². The number of aliphatic hydroxyl groups is 1. The van der Waals surface area contributed by atoms with E-state index in [4.69, 9.17) is 5.11 Å². The van der Waals surface area contributed by atoms with Crippen molar-refractivity contribution in [1.29, 1.82) is 0 Å². The Balaban J connectivity index is 2.21. The lowest BCUT2D eigenvalue weighted by Gasteiger charge is -2.07. The van der Waals surface area contributed by atoms with E-state index in [1.54, 1.807) is 6.20 Å². The van der Waals surface area contributed by atoms with E-state index in [2.05, 4.69) is 20.3 Å². The highest BCUT2D eigenvalue weighted by Crippen LogP contribution is 2.17. The summed E-state index contributed by atoms with van der Waals surface area (Å²) >= 11 is 0. The number of hydrogen-bond acceptors (Lipinski definition) is 5. The first-order chi connectivity index (χ1) is 8.79. The highest BCUT2D eigenvalue weighted by atomic mass is 16.3. The molecule has 0 saturated heterocycles. The fraction of sp³-hybridized carbons (Fsp3) is 0.308. The number of aliphatic hydroxyl groups excluding tert-OH is 1. The fourth-order valence-corrected chi connectivity index (χ4v) is 1.60. The van der Waals surface area contributed by atoms with Crippen LogP contribution in [0, 0.1) is 6.92 Å². The van der Waals surface area contributed by atoms with Crippen LogP contribution in [0.5, 0.6) is 0 Å². The molecule has 5 heteroatoms. The molecule has 0 saturated carbocycles. The van der Waals surface area contributed by atoms with Crippen molar-refractivity contribution in [3.8, 4) is 11.4 Å². The van der Waals surface area contributed by atoms with Gasteiger partial charge in [-0.2, -0.15) is 0 Å². The van der Waals surface area contributed by atoms with Gasteiger partial charge >= 0.3 is 0 Å². The van der Waals surface area contributed by atoms with E-state index in [0.29, 0.717) is 18.8 Å². The molecule has 0 bridgehead atoms. The summed E-state index contributed by atoms with van der Waals surface area (Å²) in [4.78, 5) is 12.9. The smallest absolute Gasteiger partial charge is 0.130 e. The number of nitrogens with zero attached hydrogens (tertiary/aromatic N) is 3. The molecule has 0 unspecified atom stereocenters. The van der Waals surface area contributed by atoms with Gasteiger partial charge in [0.15, 0.2) is 0 Å². The highest BCUT2D eigenvalue weighted by molar-refractivity contribution is 5.58. The Morgan fingerprint density at radius 1 is 1.22 bits per heavy atom. The summed E-state index contributed by atoms with van der Waals surface area (Å²) in [5.74, 6) is 1.46. The first-order valence-corrected chi connectivity index (χ1v) is 5.91. The minimum absolute atomic E-state index is 0.171. The van der Waals surface area contributed by atoms with Gasteiger partial charge in [0.05, 0.1) is 11.4 Å². The Hall–Kier alpha value is -2.01. The van der Waals surface area contributed by atoms with E-state index in [1.807, 2.05) is 31.2 Å². The predicted octanol–water partition coefficient (Wildman–Crippen LogP) is 1.64. The molecule has 5 nitrogen and oxygen atoms in total. The third-order valence-electron chi connectivity index (χ3n) is 2.41. The molecule has 0 spiro atoms. The van der Waals surface area contributed by atoms with Gasteiger partial charge in [0.1, 0.15) is 11.6 Å². The van der Waals surface area contributed by atoms with Crippen molar-refractivity contribution < 1.29 is 5.11 Å². The number of aryl methyl sites for hydroxylation is 1. The molecule has 2 aromatic heterocycles. The molecule has 0 radical (unpaired) electrons. The zero-order chi connectivity index (χ0) is 12.8. The Labute approximate surface area is 106 Å². The number of aromatic nitrogens is 3. The van der Waals surface area contributed by atoms with Gasteiger partial charge in [-0.3, -0.25) is 4.98 Å².